The molecule has 100 valence electrons. The third-order valence-electron chi connectivity index (χ3n) is 2.46. The van der Waals surface area contributed by atoms with Crippen molar-refractivity contribution >= 4 is 5.97 Å². The Morgan fingerprint density at radius 1 is 1.42 bits per heavy atom. The highest BCUT2D eigenvalue weighted by atomic mass is 16.5. The summed E-state index contributed by atoms with van der Waals surface area (Å²) < 4.78 is 6.29. The van der Waals surface area contributed by atoms with Gasteiger partial charge in [-0.05, 0) is 26.0 Å². The van der Waals surface area contributed by atoms with Crippen LogP contribution >= 0.6 is 0 Å². The van der Waals surface area contributed by atoms with Gasteiger partial charge < -0.3 is 9.84 Å². The number of benzene rings is 1. The Labute approximate surface area is 110 Å². The number of hydrogen-bond donors (Lipinski definition) is 1. The molecule has 1 aromatic heterocycles. The minimum atomic E-state index is -0.837. The summed E-state index contributed by atoms with van der Waals surface area (Å²) in [5.74, 6) is -0.352. The van der Waals surface area contributed by atoms with Gasteiger partial charge in [0.05, 0.1) is 12.3 Å². The summed E-state index contributed by atoms with van der Waals surface area (Å²) in [6.07, 6.45) is -0.837. The molecular formula is C13H15N3O3. The Hall–Kier alpha value is -2.21. The van der Waals surface area contributed by atoms with Crippen LogP contribution in [0.4, 0.5) is 0 Å². The molecule has 2 rings (SSSR count). The Bertz CT molecular complexity index is 564. The summed E-state index contributed by atoms with van der Waals surface area (Å²) in [6, 6.07) is 9.18. The minimum absolute atomic E-state index is 0.0541. The zero-order chi connectivity index (χ0) is 13.8. The number of nitrogens with zero attached hydrogens (tertiary/aromatic N) is 3. The minimum Gasteiger partial charge on any atom is -0.460 e. The van der Waals surface area contributed by atoms with Gasteiger partial charge in [0.2, 0.25) is 0 Å². The summed E-state index contributed by atoms with van der Waals surface area (Å²) in [5.41, 5.74) is 0.724. The molecule has 0 spiro atoms. The first-order chi connectivity index (χ1) is 9.13. The van der Waals surface area contributed by atoms with Gasteiger partial charge in [-0.3, -0.25) is 0 Å². The van der Waals surface area contributed by atoms with Crippen molar-refractivity contribution in [2.24, 2.45) is 0 Å². The molecule has 0 aliphatic rings. The lowest BCUT2D eigenvalue weighted by atomic mass is 10.3. The van der Waals surface area contributed by atoms with E-state index in [9.17, 15) is 9.90 Å². The lowest BCUT2D eigenvalue weighted by Crippen LogP contribution is -2.07. The van der Waals surface area contributed by atoms with Gasteiger partial charge in [0.1, 0.15) is 6.10 Å². The van der Waals surface area contributed by atoms with Gasteiger partial charge in [-0.25, -0.2) is 14.5 Å². The molecule has 6 nitrogen and oxygen atoms in total. The van der Waals surface area contributed by atoms with Gasteiger partial charge in [-0.15, -0.1) is 5.10 Å². The lowest BCUT2D eigenvalue weighted by Gasteiger charge is -2.06. The van der Waals surface area contributed by atoms with Gasteiger partial charge in [-0.1, -0.05) is 18.2 Å². The molecule has 0 saturated carbocycles. The Morgan fingerprint density at radius 3 is 2.68 bits per heavy atom. The van der Waals surface area contributed by atoms with Gasteiger partial charge in [0, 0.05) is 0 Å². The fraction of sp³-hybridized carbons (Fsp3) is 0.308. The predicted octanol–water partition coefficient (Wildman–Crippen LogP) is 1.50. The van der Waals surface area contributed by atoms with Crippen molar-refractivity contribution in [2.75, 3.05) is 6.61 Å². The van der Waals surface area contributed by atoms with Crippen molar-refractivity contribution in [3.63, 3.8) is 0 Å². The van der Waals surface area contributed by atoms with Crippen LogP contribution in [0.5, 0.6) is 0 Å². The van der Waals surface area contributed by atoms with Crippen LogP contribution < -0.4 is 0 Å². The smallest absolute Gasteiger partial charge is 0.378 e. The molecule has 19 heavy (non-hydrogen) atoms. The largest absolute Gasteiger partial charge is 0.460 e. The molecule has 1 N–H and O–H groups in total. The maximum absolute atomic E-state index is 11.6. The summed E-state index contributed by atoms with van der Waals surface area (Å²) >= 11 is 0. The molecule has 0 bridgehead atoms. The van der Waals surface area contributed by atoms with E-state index in [0.717, 1.165) is 5.69 Å². The van der Waals surface area contributed by atoms with E-state index in [1.165, 1.54) is 4.68 Å². The van der Waals surface area contributed by atoms with E-state index in [-0.39, 0.29) is 12.4 Å². The number of para-hydroxylation sites is 1. The average molecular weight is 261 g/mol. The first-order valence-corrected chi connectivity index (χ1v) is 6.01. The molecule has 2 aromatic rings. The molecule has 0 fully saturated rings. The average Bonchev–Trinajstić information content (AvgIpc) is 2.85. The Kier molecular flexibility index (Phi) is 3.91. The second kappa shape index (κ2) is 5.62. The first-order valence-electron chi connectivity index (χ1n) is 6.01. The van der Waals surface area contributed by atoms with Crippen molar-refractivity contribution in [2.45, 2.75) is 20.0 Å². The molecule has 0 radical (unpaired) electrons. The predicted molar refractivity (Wildman–Crippen MR) is 67.9 cm³/mol. The topological polar surface area (TPSA) is 77.2 Å². The highest BCUT2D eigenvalue weighted by molar-refractivity contribution is 5.85. The van der Waals surface area contributed by atoms with E-state index in [1.54, 1.807) is 13.8 Å². The third-order valence-corrected chi connectivity index (χ3v) is 2.46. The number of rotatable bonds is 4. The van der Waals surface area contributed by atoms with Gasteiger partial charge in [-0.2, -0.15) is 0 Å². The highest BCUT2D eigenvalue weighted by Crippen LogP contribution is 2.16. The molecule has 1 atom stereocenters. The van der Waals surface area contributed by atoms with Crippen LogP contribution in [0.25, 0.3) is 5.69 Å². The second-order valence-electron chi connectivity index (χ2n) is 3.94. The number of hydrogen-bond acceptors (Lipinski definition) is 5. The highest BCUT2D eigenvalue weighted by Gasteiger charge is 2.20. The molecule has 0 aliphatic heterocycles. The summed E-state index contributed by atoms with van der Waals surface area (Å²) in [5, 5.41) is 13.8. The molecule has 0 unspecified atom stereocenters. The van der Waals surface area contributed by atoms with E-state index >= 15 is 0 Å². The first kappa shape index (κ1) is 13.2. The molecular weight excluding hydrogens is 246 g/mol. The third kappa shape index (κ3) is 2.79. The van der Waals surface area contributed by atoms with Crippen LogP contribution in [0.1, 0.15) is 36.4 Å². The standard InChI is InChI=1S/C13H15N3O3/c1-3-19-13(18)11-14-12(9(2)17)16(15-11)10-7-5-4-6-8-10/h4-9,17H,3H2,1-2H3/t9-/m0/s1. The number of aromatic nitrogens is 3. The zero-order valence-corrected chi connectivity index (χ0v) is 10.8. The van der Waals surface area contributed by atoms with Crippen molar-refractivity contribution in [1.29, 1.82) is 0 Å². The molecule has 1 heterocycles. The zero-order valence-electron chi connectivity index (χ0n) is 10.8. The van der Waals surface area contributed by atoms with Crippen molar-refractivity contribution < 1.29 is 14.6 Å². The van der Waals surface area contributed by atoms with Crippen LogP contribution in [0.2, 0.25) is 0 Å². The number of carbonyl (C=O) groups is 1. The Morgan fingerprint density at radius 2 is 2.11 bits per heavy atom. The molecule has 0 aliphatic carbocycles. The van der Waals surface area contributed by atoms with E-state index in [1.807, 2.05) is 30.3 Å². The number of ether oxygens (including phenoxy) is 1. The van der Waals surface area contributed by atoms with E-state index in [4.69, 9.17) is 4.74 Å². The van der Waals surface area contributed by atoms with Crippen molar-refractivity contribution in [1.82, 2.24) is 14.8 Å². The van der Waals surface area contributed by atoms with E-state index in [0.29, 0.717) is 5.82 Å². The monoisotopic (exact) mass is 261 g/mol. The quantitative estimate of drug-likeness (QED) is 0.844. The molecule has 6 heteroatoms. The summed E-state index contributed by atoms with van der Waals surface area (Å²) in [7, 11) is 0. The second-order valence-corrected chi connectivity index (χ2v) is 3.94. The Balaban J connectivity index is 2.45. The van der Waals surface area contributed by atoms with Gasteiger partial charge in [0.25, 0.3) is 5.82 Å². The SMILES string of the molecule is CCOC(=O)c1nc([C@H](C)O)n(-c2ccccc2)n1. The van der Waals surface area contributed by atoms with Crippen LogP contribution in [0, 0.1) is 0 Å². The summed E-state index contributed by atoms with van der Waals surface area (Å²) in [6.45, 7) is 3.53. The van der Waals surface area contributed by atoms with E-state index < -0.39 is 12.1 Å². The van der Waals surface area contributed by atoms with Crippen LogP contribution in [0.3, 0.4) is 0 Å². The molecule has 0 amide bonds. The van der Waals surface area contributed by atoms with Crippen molar-refractivity contribution in [3.05, 3.63) is 42.0 Å². The van der Waals surface area contributed by atoms with Crippen LogP contribution in [0.15, 0.2) is 30.3 Å². The normalized spacial score (nSPS) is 12.2. The lowest BCUT2D eigenvalue weighted by molar-refractivity contribution is 0.0512. The van der Waals surface area contributed by atoms with Gasteiger partial charge in [0.15, 0.2) is 5.82 Å². The van der Waals surface area contributed by atoms with E-state index in [2.05, 4.69) is 10.1 Å². The number of esters is 1. The van der Waals surface area contributed by atoms with Crippen LogP contribution in [-0.2, 0) is 4.74 Å². The van der Waals surface area contributed by atoms with Crippen LogP contribution in [-0.4, -0.2) is 32.4 Å². The maximum atomic E-state index is 11.6. The fourth-order valence-electron chi connectivity index (χ4n) is 1.64. The molecule has 0 saturated heterocycles. The maximum Gasteiger partial charge on any atom is 0.378 e. The summed E-state index contributed by atoms with van der Waals surface area (Å²) in [4.78, 5) is 15.7. The number of aliphatic hydroxyl groups excluding tert-OH is 1. The molecule has 1 aromatic carbocycles. The number of aliphatic hydroxyl groups is 1. The van der Waals surface area contributed by atoms with Gasteiger partial charge >= 0.3 is 5.97 Å². The van der Waals surface area contributed by atoms with Crippen molar-refractivity contribution in [3.8, 4) is 5.69 Å². The number of carbonyl (C=O) groups excluding carboxylic acids is 1. The fourth-order valence-corrected chi connectivity index (χ4v) is 1.64.